The van der Waals surface area contributed by atoms with Crippen LogP contribution in [-0.4, -0.2) is 34.3 Å². The summed E-state index contributed by atoms with van der Waals surface area (Å²) in [7, 11) is 0. The molecular formula is C20H29NO3. The smallest absolute Gasteiger partial charge is 0.407 e. The van der Waals surface area contributed by atoms with E-state index < -0.39 is 6.09 Å². The molecule has 1 N–H and O–H groups in total. The van der Waals surface area contributed by atoms with Crippen molar-refractivity contribution in [3.63, 3.8) is 0 Å². The van der Waals surface area contributed by atoms with Crippen LogP contribution in [0.2, 0.25) is 0 Å². The van der Waals surface area contributed by atoms with Gasteiger partial charge in [0.25, 0.3) is 0 Å². The third kappa shape index (κ3) is 4.03. The van der Waals surface area contributed by atoms with Crippen LogP contribution in [0.15, 0.2) is 24.3 Å². The number of rotatable bonds is 7. The van der Waals surface area contributed by atoms with Crippen LogP contribution < -0.4 is 4.74 Å². The number of nitrogens with zero attached hydrogens (tertiary/aromatic N) is 1. The van der Waals surface area contributed by atoms with Crippen molar-refractivity contribution in [1.82, 2.24) is 4.90 Å². The van der Waals surface area contributed by atoms with Crippen LogP contribution in [0.4, 0.5) is 4.79 Å². The molecule has 4 heteroatoms. The highest BCUT2D eigenvalue weighted by atomic mass is 16.5. The lowest BCUT2D eigenvalue weighted by molar-refractivity contribution is 0.0496. The lowest BCUT2D eigenvalue weighted by atomic mass is 10.00. The predicted octanol–water partition coefficient (Wildman–Crippen LogP) is 4.86. The van der Waals surface area contributed by atoms with Crippen LogP contribution in [-0.2, 0) is 6.42 Å². The maximum Gasteiger partial charge on any atom is 0.407 e. The summed E-state index contributed by atoms with van der Waals surface area (Å²) < 4.78 is 6.14. The van der Waals surface area contributed by atoms with Gasteiger partial charge in [0.05, 0.1) is 0 Å². The third-order valence-electron chi connectivity index (χ3n) is 5.46. The summed E-state index contributed by atoms with van der Waals surface area (Å²) in [5.74, 6) is 0.917. The van der Waals surface area contributed by atoms with Gasteiger partial charge in [0.15, 0.2) is 0 Å². The van der Waals surface area contributed by atoms with Crippen LogP contribution >= 0.6 is 0 Å². The molecule has 4 nitrogen and oxygen atoms in total. The molecule has 1 aromatic carbocycles. The number of benzene rings is 1. The van der Waals surface area contributed by atoms with Crippen molar-refractivity contribution in [1.29, 1.82) is 0 Å². The number of carboxylic acid groups (broad SMARTS) is 1. The number of fused-ring (bicyclic) bond motifs is 2. The highest BCUT2D eigenvalue weighted by molar-refractivity contribution is 5.66. The van der Waals surface area contributed by atoms with Gasteiger partial charge >= 0.3 is 6.09 Å². The number of hydrogen-bond acceptors (Lipinski definition) is 2. The zero-order valence-corrected chi connectivity index (χ0v) is 14.6. The van der Waals surface area contributed by atoms with Crippen molar-refractivity contribution >= 4 is 6.09 Å². The van der Waals surface area contributed by atoms with Crippen LogP contribution in [0, 0.1) is 0 Å². The summed E-state index contributed by atoms with van der Waals surface area (Å²) >= 11 is 0. The van der Waals surface area contributed by atoms with Gasteiger partial charge in [-0.1, -0.05) is 38.3 Å². The van der Waals surface area contributed by atoms with Gasteiger partial charge in [-0.15, -0.1) is 0 Å². The van der Waals surface area contributed by atoms with Gasteiger partial charge in [0, 0.05) is 24.9 Å². The molecule has 0 saturated carbocycles. The molecule has 3 rings (SSSR count). The van der Waals surface area contributed by atoms with Crippen molar-refractivity contribution in [2.24, 2.45) is 0 Å². The molecule has 2 bridgehead atoms. The average molecular weight is 331 g/mol. The van der Waals surface area contributed by atoms with E-state index in [0.29, 0.717) is 0 Å². The number of carbonyl (C=O) groups is 1. The Kier molecular flexibility index (Phi) is 5.64. The zero-order valence-electron chi connectivity index (χ0n) is 14.6. The first-order valence-electron chi connectivity index (χ1n) is 9.44. The SMILES string of the molecule is CCCCCCc1ccc(O[C@H]2C[C@H]3CC[C@@H](C2)N3C(=O)O)cc1. The Morgan fingerprint density at radius 3 is 2.38 bits per heavy atom. The normalized spacial score (nSPS) is 25.7. The number of piperidine rings is 1. The van der Waals surface area contributed by atoms with E-state index in [4.69, 9.17) is 4.74 Å². The van der Waals surface area contributed by atoms with E-state index in [0.717, 1.165) is 37.9 Å². The molecule has 0 spiro atoms. The molecule has 2 aliphatic rings. The van der Waals surface area contributed by atoms with Gasteiger partial charge < -0.3 is 14.7 Å². The first-order chi connectivity index (χ1) is 11.7. The van der Waals surface area contributed by atoms with Crippen molar-refractivity contribution in [2.45, 2.75) is 82.9 Å². The molecule has 0 radical (unpaired) electrons. The lowest BCUT2D eigenvalue weighted by Crippen LogP contribution is -2.48. The predicted molar refractivity (Wildman–Crippen MR) is 94.6 cm³/mol. The summed E-state index contributed by atoms with van der Waals surface area (Å²) in [6.07, 6.45) is 9.27. The fourth-order valence-electron chi connectivity index (χ4n) is 4.22. The Morgan fingerprint density at radius 2 is 1.79 bits per heavy atom. The van der Waals surface area contributed by atoms with E-state index in [1.54, 1.807) is 4.90 Å². The zero-order chi connectivity index (χ0) is 16.9. The summed E-state index contributed by atoms with van der Waals surface area (Å²) in [6.45, 7) is 2.24. The number of unbranched alkanes of at least 4 members (excludes halogenated alkanes) is 3. The minimum absolute atomic E-state index is 0.143. The van der Waals surface area contributed by atoms with Crippen molar-refractivity contribution in [3.8, 4) is 5.75 Å². The summed E-state index contributed by atoms with van der Waals surface area (Å²) in [6, 6.07) is 8.76. The molecule has 0 aromatic heterocycles. The Bertz CT molecular complexity index is 528. The Morgan fingerprint density at radius 1 is 1.12 bits per heavy atom. The largest absolute Gasteiger partial charge is 0.490 e. The minimum Gasteiger partial charge on any atom is -0.490 e. The van der Waals surface area contributed by atoms with Gasteiger partial charge in [0.2, 0.25) is 0 Å². The van der Waals surface area contributed by atoms with E-state index in [-0.39, 0.29) is 18.2 Å². The Balaban J connectivity index is 1.49. The molecule has 3 atom stereocenters. The summed E-state index contributed by atoms with van der Waals surface area (Å²) in [5, 5.41) is 9.32. The van der Waals surface area contributed by atoms with Crippen LogP contribution in [0.3, 0.4) is 0 Å². The number of ether oxygens (including phenoxy) is 1. The van der Waals surface area contributed by atoms with E-state index in [1.807, 2.05) is 0 Å². The molecule has 0 aliphatic carbocycles. The molecule has 132 valence electrons. The lowest BCUT2D eigenvalue weighted by Gasteiger charge is -2.37. The van der Waals surface area contributed by atoms with Gasteiger partial charge in [-0.3, -0.25) is 0 Å². The first kappa shape index (κ1) is 17.1. The molecular weight excluding hydrogens is 302 g/mol. The van der Waals surface area contributed by atoms with Crippen molar-refractivity contribution in [2.75, 3.05) is 0 Å². The molecule has 1 amide bonds. The summed E-state index contributed by atoms with van der Waals surface area (Å²) in [4.78, 5) is 13.0. The van der Waals surface area contributed by atoms with Crippen molar-refractivity contribution < 1.29 is 14.6 Å². The molecule has 0 unspecified atom stereocenters. The van der Waals surface area contributed by atoms with Crippen molar-refractivity contribution in [3.05, 3.63) is 29.8 Å². The highest BCUT2D eigenvalue weighted by Crippen LogP contribution is 2.37. The topological polar surface area (TPSA) is 49.8 Å². The van der Waals surface area contributed by atoms with E-state index in [2.05, 4.69) is 31.2 Å². The Labute approximate surface area is 144 Å². The number of hydrogen-bond donors (Lipinski definition) is 1. The second-order valence-corrected chi connectivity index (χ2v) is 7.24. The third-order valence-corrected chi connectivity index (χ3v) is 5.46. The maximum absolute atomic E-state index is 11.3. The molecule has 2 fully saturated rings. The first-order valence-corrected chi connectivity index (χ1v) is 9.44. The van der Waals surface area contributed by atoms with Gasteiger partial charge in [-0.25, -0.2) is 4.79 Å². The molecule has 2 heterocycles. The maximum atomic E-state index is 11.3. The Hall–Kier alpha value is -1.71. The fraction of sp³-hybridized carbons (Fsp3) is 0.650. The molecule has 2 aliphatic heterocycles. The molecule has 24 heavy (non-hydrogen) atoms. The van der Waals surface area contributed by atoms with E-state index in [1.165, 1.54) is 31.2 Å². The average Bonchev–Trinajstić information content (AvgIpc) is 2.85. The second kappa shape index (κ2) is 7.91. The van der Waals surface area contributed by atoms with E-state index in [9.17, 15) is 9.90 Å². The summed E-state index contributed by atoms with van der Waals surface area (Å²) in [5.41, 5.74) is 1.37. The minimum atomic E-state index is -0.770. The molecule has 2 saturated heterocycles. The van der Waals surface area contributed by atoms with Crippen LogP contribution in [0.5, 0.6) is 5.75 Å². The standard InChI is InChI=1S/C20H29NO3/c1-2-3-4-5-6-15-7-11-18(12-8-15)24-19-13-16-9-10-17(14-19)21(16)20(22)23/h7-8,11-12,16-17,19H,2-6,9-10,13-14H2,1H3,(H,22,23)/t16-,17+,19+. The quantitative estimate of drug-likeness (QED) is 0.726. The monoisotopic (exact) mass is 331 g/mol. The second-order valence-electron chi connectivity index (χ2n) is 7.24. The van der Waals surface area contributed by atoms with Crippen LogP contribution in [0.1, 0.15) is 63.9 Å². The van der Waals surface area contributed by atoms with Crippen LogP contribution in [0.25, 0.3) is 0 Å². The molecule has 1 aromatic rings. The fourth-order valence-corrected chi connectivity index (χ4v) is 4.22. The number of amides is 1. The number of aryl methyl sites for hydroxylation is 1. The van der Waals surface area contributed by atoms with E-state index >= 15 is 0 Å². The van der Waals surface area contributed by atoms with Gasteiger partial charge in [-0.2, -0.15) is 0 Å². The van der Waals surface area contributed by atoms with Gasteiger partial charge in [-0.05, 0) is 43.4 Å². The highest BCUT2D eigenvalue weighted by Gasteiger charge is 2.44. The van der Waals surface area contributed by atoms with Gasteiger partial charge in [0.1, 0.15) is 11.9 Å².